The molecule has 0 aliphatic heterocycles. The molecule has 0 amide bonds. The summed E-state index contributed by atoms with van der Waals surface area (Å²) in [6, 6.07) is 0. The average Bonchev–Trinajstić information content (AvgIpc) is 2.57. The quantitative estimate of drug-likeness (QED) is 0.808. The smallest absolute Gasteiger partial charge is 0.313 e. The Hall–Kier alpha value is -0.620. The molecule has 0 aliphatic carbocycles. The fraction of sp³-hybridized carbons (Fsp3) is 0.636. The number of carboxylic acids is 1. The van der Waals surface area contributed by atoms with Crippen LogP contribution in [0.4, 0.5) is 0 Å². The molecular formula is C11H18N2O2S2. The summed E-state index contributed by atoms with van der Waals surface area (Å²) in [7, 11) is 0. The molecular weight excluding hydrogens is 256 g/mol. The molecule has 0 aliphatic rings. The van der Waals surface area contributed by atoms with E-state index in [1.54, 1.807) is 18.0 Å². The van der Waals surface area contributed by atoms with Gasteiger partial charge in [-0.15, -0.1) is 0 Å². The summed E-state index contributed by atoms with van der Waals surface area (Å²) < 4.78 is 2.20. The van der Waals surface area contributed by atoms with Crippen molar-refractivity contribution in [3.63, 3.8) is 0 Å². The minimum atomic E-state index is -0.814. The Kier molecular flexibility index (Phi) is 4.94. The highest BCUT2D eigenvalue weighted by atomic mass is 32.2. The van der Waals surface area contributed by atoms with Crippen LogP contribution in [0.5, 0.6) is 0 Å². The molecule has 0 aromatic carbocycles. The molecule has 17 heavy (non-hydrogen) atoms. The van der Waals surface area contributed by atoms with Gasteiger partial charge in [0.05, 0.1) is 5.75 Å². The number of hydrogen-bond acceptors (Lipinski definition) is 4. The SMILES string of the molecule is CSC(C)(C)Cn1c(C)cnc1SCC(=O)O. The van der Waals surface area contributed by atoms with Crippen LogP contribution < -0.4 is 0 Å². The van der Waals surface area contributed by atoms with Crippen molar-refractivity contribution in [1.29, 1.82) is 0 Å². The largest absolute Gasteiger partial charge is 0.481 e. The van der Waals surface area contributed by atoms with E-state index < -0.39 is 5.97 Å². The molecule has 0 atom stereocenters. The molecule has 1 rings (SSSR count). The molecule has 0 unspecified atom stereocenters. The van der Waals surface area contributed by atoms with Gasteiger partial charge in [-0.1, -0.05) is 11.8 Å². The van der Waals surface area contributed by atoms with E-state index in [0.717, 1.165) is 17.4 Å². The lowest BCUT2D eigenvalue weighted by Crippen LogP contribution is -2.23. The molecule has 0 saturated carbocycles. The summed E-state index contributed by atoms with van der Waals surface area (Å²) in [4.78, 5) is 14.8. The molecule has 0 fully saturated rings. The molecule has 4 nitrogen and oxygen atoms in total. The zero-order valence-corrected chi connectivity index (χ0v) is 12.2. The fourth-order valence-corrected chi connectivity index (χ4v) is 2.32. The van der Waals surface area contributed by atoms with Crippen molar-refractivity contribution in [2.45, 2.75) is 37.2 Å². The van der Waals surface area contributed by atoms with Crippen LogP contribution in [0.1, 0.15) is 19.5 Å². The Morgan fingerprint density at radius 2 is 2.24 bits per heavy atom. The van der Waals surface area contributed by atoms with E-state index in [2.05, 4.69) is 29.7 Å². The number of aliphatic carboxylic acids is 1. The van der Waals surface area contributed by atoms with Crippen LogP contribution in [-0.4, -0.2) is 37.4 Å². The molecule has 0 saturated heterocycles. The van der Waals surface area contributed by atoms with Crippen molar-refractivity contribution in [2.24, 2.45) is 0 Å². The van der Waals surface area contributed by atoms with Gasteiger partial charge in [0.1, 0.15) is 0 Å². The van der Waals surface area contributed by atoms with Crippen molar-refractivity contribution in [3.05, 3.63) is 11.9 Å². The monoisotopic (exact) mass is 274 g/mol. The molecule has 1 N–H and O–H groups in total. The van der Waals surface area contributed by atoms with Crippen LogP contribution in [0.3, 0.4) is 0 Å². The summed E-state index contributed by atoms with van der Waals surface area (Å²) in [6.45, 7) is 7.17. The van der Waals surface area contributed by atoms with Crippen LogP contribution >= 0.6 is 23.5 Å². The standard InChI is InChI=1S/C11H18N2O2S2/c1-8-5-12-10(17-6-9(14)15)13(8)7-11(2,3)16-4/h5H,6-7H2,1-4H3,(H,14,15). The summed E-state index contributed by atoms with van der Waals surface area (Å²) in [6.07, 6.45) is 3.87. The lowest BCUT2D eigenvalue weighted by Gasteiger charge is -2.24. The highest BCUT2D eigenvalue weighted by Crippen LogP contribution is 2.27. The number of nitrogens with zero attached hydrogens (tertiary/aromatic N) is 2. The number of carbonyl (C=O) groups is 1. The third-order valence-corrected chi connectivity index (χ3v) is 4.64. The van der Waals surface area contributed by atoms with Crippen molar-refractivity contribution in [3.8, 4) is 0 Å². The van der Waals surface area contributed by atoms with Crippen molar-refractivity contribution < 1.29 is 9.90 Å². The van der Waals surface area contributed by atoms with Gasteiger partial charge in [-0.25, -0.2) is 4.98 Å². The van der Waals surface area contributed by atoms with Crippen LogP contribution in [0.25, 0.3) is 0 Å². The van der Waals surface area contributed by atoms with E-state index in [9.17, 15) is 4.79 Å². The Morgan fingerprint density at radius 3 is 2.76 bits per heavy atom. The first kappa shape index (κ1) is 14.4. The first-order valence-corrected chi connectivity index (χ1v) is 7.48. The minimum Gasteiger partial charge on any atom is -0.481 e. The number of imidazole rings is 1. The highest BCUT2D eigenvalue weighted by molar-refractivity contribution is 8.00. The lowest BCUT2D eigenvalue weighted by molar-refractivity contribution is -0.133. The second kappa shape index (κ2) is 5.82. The maximum atomic E-state index is 10.6. The number of carboxylic acid groups (broad SMARTS) is 1. The van der Waals surface area contributed by atoms with Crippen LogP contribution in [0.15, 0.2) is 11.4 Å². The van der Waals surface area contributed by atoms with E-state index in [0.29, 0.717) is 0 Å². The average molecular weight is 274 g/mol. The van der Waals surface area contributed by atoms with Gasteiger partial charge in [-0.05, 0) is 27.0 Å². The Labute approximate surface area is 110 Å². The van der Waals surface area contributed by atoms with Crippen LogP contribution in [0.2, 0.25) is 0 Å². The van der Waals surface area contributed by atoms with Gasteiger partial charge in [0.2, 0.25) is 0 Å². The van der Waals surface area contributed by atoms with Crippen molar-refractivity contribution in [2.75, 3.05) is 12.0 Å². The number of thioether (sulfide) groups is 2. The number of aryl methyl sites for hydroxylation is 1. The third kappa shape index (κ3) is 4.27. The molecule has 0 radical (unpaired) electrons. The topological polar surface area (TPSA) is 55.1 Å². The molecule has 1 aromatic rings. The van der Waals surface area contributed by atoms with Gasteiger partial charge in [-0.2, -0.15) is 11.8 Å². The zero-order chi connectivity index (χ0) is 13.1. The van der Waals surface area contributed by atoms with Crippen LogP contribution in [-0.2, 0) is 11.3 Å². The Morgan fingerprint density at radius 1 is 1.59 bits per heavy atom. The molecule has 0 bridgehead atoms. The molecule has 96 valence electrons. The lowest BCUT2D eigenvalue weighted by atomic mass is 10.2. The van der Waals surface area contributed by atoms with Gasteiger partial charge in [-0.3, -0.25) is 4.79 Å². The second-order valence-corrected chi connectivity index (χ2v) is 6.87. The van der Waals surface area contributed by atoms with E-state index >= 15 is 0 Å². The van der Waals surface area contributed by atoms with E-state index in [4.69, 9.17) is 5.11 Å². The maximum absolute atomic E-state index is 10.6. The first-order valence-electron chi connectivity index (χ1n) is 5.27. The maximum Gasteiger partial charge on any atom is 0.313 e. The Balaban J connectivity index is 2.83. The Bertz CT molecular complexity index is 402. The predicted molar refractivity (Wildman–Crippen MR) is 72.9 cm³/mol. The highest BCUT2D eigenvalue weighted by Gasteiger charge is 2.20. The first-order chi connectivity index (χ1) is 7.85. The molecule has 1 aromatic heterocycles. The van der Waals surface area contributed by atoms with E-state index in [-0.39, 0.29) is 10.5 Å². The van der Waals surface area contributed by atoms with Gasteiger partial charge in [0.25, 0.3) is 0 Å². The number of hydrogen-bond donors (Lipinski definition) is 1. The minimum absolute atomic E-state index is 0.0517. The van der Waals surface area contributed by atoms with Crippen LogP contribution in [0, 0.1) is 6.92 Å². The summed E-state index contributed by atoms with van der Waals surface area (Å²) in [5.41, 5.74) is 1.07. The number of rotatable bonds is 6. The van der Waals surface area contributed by atoms with E-state index in [1.807, 2.05) is 6.92 Å². The summed E-state index contributed by atoms with van der Waals surface area (Å²) in [5.74, 6) is -0.762. The van der Waals surface area contributed by atoms with Crippen molar-refractivity contribution >= 4 is 29.5 Å². The summed E-state index contributed by atoms with van der Waals surface area (Å²) >= 11 is 3.06. The molecule has 6 heteroatoms. The van der Waals surface area contributed by atoms with E-state index in [1.165, 1.54) is 11.8 Å². The molecule has 1 heterocycles. The summed E-state index contributed by atoms with van der Waals surface area (Å²) in [5, 5.41) is 9.47. The fourth-order valence-electron chi connectivity index (χ4n) is 1.32. The van der Waals surface area contributed by atoms with Gasteiger partial charge < -0.3 is 9.67 Å². The van der Waals surface area contributed by atoms with Gasteiger partial charge >= 0.3 is 5.97 Å². The number of aromatic nitrogens is 2. The zero-order valence-electron chi connectivity index (χ0n) is 10.6. The molecule has 0 spiro atoms. The van der Waals surface area contributed by atoms with Gasteiger partial charge in [0.15, 0.2) is 5.16 Å². The van der Waals surface area contributed by atoms with Crippen molar-refractivity contribution in [1.82, 2.24) is 9.55 Å². The van der Waals surface area contributed by atoms with Gasteiger partial charge in [0, 0.05) is 23.2 Å². The third-order valence-electron chi connectivity index (χ3n) is 2.43. The second-order valence-electron chi connectivity index (χ2n) is 4.41. The predicted octanol–water partition coefficient (Wildman–Crippen LogP) is 2.51. The normalized spacial score (nSPS) is 11.8.